The van der Waals surface area contributed by atoms with Crippen molar-refractivity contribution in [2.24, 2.45) is 4.99 Å². The molecule has 5 heteroatoms. The molecule has 0 saturated carbocycles. The number of hydrogen-bond donors (Lipinski definition) is 1. The van der Waals surface area contributed by atoms with Crippen LogP contribution in [0.4, 0.5) is 4.79 Å². The first-order valence-corrected chi connectivity index (χ1v) is 5.07. The van der Waals surface area contributed by atoms with E-state index in [1.807, 2.05) is 0 Å². The highest BCUT2D eigenvalue weighted by Gasteiger charge is 2.15. The molecule has 0 aromatic heterocycles. The molecule has 0 saturated heterocycles. The number of nitrogens with zero attached hydrogens (tertiary/aromatic N) is 1. The first kappa shape index (κ1) is 13.9. The third kappa shape index (κ3) is 9.21. The molecule has 0 fully saturated rings. The smallest absolute Gasteiger partial charge is 0.412 e. The molecule has 0 radical (unpaired) electrons. The summed E-state index contributed by atoms with van der Waals surface area (Å²) in [7, 11) is 0. The normalized spacial score (nSPS) is 11.2. The van der Waals surface area contributed by atoms with Crippen molar-refractivity contribution in [3.63, 3.8) is 0 Å². The molecule has 0 spiro atoms. The van der Waals surface area contributed by atoms with E-state index >= 15 is 0 Å². The summed E-state index contributed by atoms with van der Waals surface area (Å²) in [6, 6.07) is 0. The van der Waals surface area contributed by atoms with E-state index in [4.69, 9.17) is 4.74 Å². The van der Waals surface area contributed by atoms with Crippen molar-refractivity contribution in [1.82, 2.24) is 5.32 Å². The minimum absolute atomic E-state index is 0.338. The summed E-state index contributed by atoms with van der Waals surface area (Å²) in [5.74, 6) is 0. The van der Waals surface area contributed by atoms with Crippen molar-refractivity contribution in [2.45, 2.75) is 26.4 Å². The lowest BCUT2D eigenvalue weighted by Crippen LogP contribution is -2.32. The van der Waals surface area contributed by atoms with Gasteiger partial charge in [-0.1, -0.05) is 13.2 Å². The molecule has 0 unspecified atom stereocenters. The first-order chi connectivity index (χ1) is 6.70. The lowest BCUT2D eigenvalue weighted by molar-refractivity contribution is 0.0549. The number of carbonyl (C=O) groups is 1. The molecule has 15 heavy (non-hydrogen) atoms. The third-order valence-corrected chi connectivity index (χ3v) is 1.23. The SMILES string of the molecule is C=C(Br)/N=C\C(=C)NC(=O)OC(C)(C)C. The van der Waals surface area contributed by atoms with Crippen LogP contribution in [0.5, 0.6) is 0 Å². The number of carbonyl (C=O) groups excluding carboxylic acids is 1. The molecule has 0 aliphatic heterocycles. The number of allylic oxidation sites excluding steroid dienone is 1. The van der Waals surface area contributed by atoms with Crippen molar-refractivity contribution in [1.29, 1.82) is 0 Å². The summed E-state index contributed by atoms with van der Waals surface area (Å²) in [4.78, 5) is 15.0. The fraction of sp³-hybridized carbons (Fsp3) is 0.400. The summed E-state index contributed by atoms with van der Waals surface area (Å²) in [5, 5.41) is 2.42. The Morgan fingerprint density at radius 2 is 2.00 bits per heavy atom. The van der Waals surface area contributed by atoms with Gasteiger partial charge in [0.2, 0.25) is 0 Å². The molecule has 0 atom stereocenters. The van der Waals surface area contributed by atoms with Gasteiger partial charge in [-0.2, -0.15) is 0 Å². The molecule has 4 nitrogen and oxygen atoms in total. The van der Waals surface area contributed by atoms with Gasteiger partial charge in [0.15, 0.2) is 0 Å². The zero-order valence-electron chi connectivity index (χ0n) is 9.13. The number of amides is 1. The van der Waals surface area contributed by atoms with Gasteiger partial charge in [0.05, 0.1) is 16.5 Å². The third-order valence-electron chi connectivity index (χ3n) is 1.02. The van der Waals surface area contributed by atoms with Gasteiger partial charge in [-0.3, -0.25) is 5.32 Å². The number of ether oxygens (including phenoxy) is 1. The molecule has 1 amide bonds. The van der Waals surface area contributed by atoms with E-state index in [9.17, 15) is 4.79 Å². The van der Waals surface area contributed by atoms with E-state index in [0.717, 1.165) is 0 Å². The molecule has 0 aliphatic carbocycles. The summed E-state index contributed by atoms with van der Waals surface area (Å²) in [5.41, 5.74) is -0.189. The predicted octanol–water partition coefficient (Wildman–Crippen LogP) is 2.96. The number of aliphatic imine (C=N–C) groups is 1. The molecular weight excluding hydrogens is 260 g/mol. The van der Waals surface area contributed by atoms with Gasteiger partial charge in [0.25, 0.3) is 0 Å². The average molecular weight is 275 g/mol. The quantitative estimate of drug-likeness (QED) is 0.636. The van der Waals surface area contributed by atoms with E-state index < -0.39 is 11.7 Å². The van der Waals surface area contributed by atoms with E-state index in [-0.39, 0.29) is 0 Å². The molecule has 1 N–H and O–H groups in total. The Kier molecular flexibility index (Phi) is 5.28. The minimum atomic E-state index is -0.556. The van der Waals surface area contributed by atoms with Crippen LogP contribution < -0.4 is 5.32 Å². The highest BCUT2D eigenvalue weighted by molar-refractivity contribution is 9.11. The summed E-state index contributed by atoms with van der Waals surface area (Å²) < 4.78 is 5.46. The molecule has 0 rings (SSSR count). The van der Waals surface area contributed by atoms with E-state index in [1.165, 1.54) is 6.21 Å². The van der Waals surface area contributed by atoms with Crippen LogP contribution in [0.3, 0.4) is 0 Å². The van der Waals surface area contributed by atoms with Gasteiger partial charge >= 0.3 is 6.09 Å². The lowest BCUT2D eigenvalue weighted by Gasteiger charge is -2.19. The maximum Gasteiger partial charge on any atom is 0.412 e. The predicted molar refractivity (Wildman–Crippen MR) is 65.1 cm³/mol. The first-order valence-electron chi connectivity index (χ1n) is 4.28. The van der Waals surface area contributed by atoms with Gasteiger partial charge in [-0.15, -0.1) is 0 Å². The Labute approximate surface area is 98.2 Å². The van der Waals surface area contributed by atoms with Gasteiger partial charge in [-0.05, 0) is 36.7 Å². The molecule has 0 aliphatic rings. The van der Waals surface area contributed by atoms with E-state index in [2.05, 4.69) is 39.4 Å². The standard InChI is InChI=1S/C10H15BrN2O2/c1-7(6-12-8(2)11)13-9(14)15-10(3,4)5/h6H,1-2H2,3-5H3,(H,13,14)/b12-6-. The van der Waals surface area contributed by atoms with Crippen LogP contribution in [0, 0.1) is 0 Å². The Balaban J connectivity index is 4.09. The van der Waals surface area contributed by atoms with Crippen molar-refractivity contribution in [3.05, 3.63) is 23.5 Å². The van der Waals surface area contributed by atoms with Crippen LogP contribution in [-0.2, 0) is 4.74 Å². The van der Waals surface area contributed by atoms with E-state index in [1.54, 1.807) is 20.8 Å². The van der Waals surface area contributed by atoms with Gasteiger partial charge in [-0.25, -0.2) is 9.79 Å². The Morgan fingerprint density at radius 3 is 2.40 bits per heavy atom. The van der Waals surface area contributed by atoms with Gasteiger partial charge in [0.1, 0.15) is 5.60 Å². The zero-order valence-corrected chi connectivity index (χ0v) is 10.7. The zero-order chi connectivity index (χ0) is 12.1. The number of rotatable bonds is 3. The van der Waals surface area contributed by atoms with Crippen molar-refractivity contribution in [2.75, 3.05) is 0 Å². The second kappa shape index (κ2) is 5.70. The van der Waals surface area contributed by atoms with Gasteiger partial charge < -0.3 is 4.74 Å². The largest absolute Gasteiger partial charge is 0.444 e. The summed E-state index contributed by atoms with van der Waals surface area (Å²) >= 11 is 3.04. The molecule has 0 bridgehead atoms. The molecule has 0 heterocycles. The number of alkyl carbamates (subject to hydrolysis) is 1. The minimum Gasteiger partial charge on any atom is -0.444 e. The summed E-state index contributed by atoms with van der Waals surface area (Å²) in [6.45, 7) is 12.4. The van der Waals surface area contributed by atoms with E-state index in [0.29, 0.717) is 10.3 Å². The maximum atomic E-state index is 11.2. The van der Waals surface area contributed by atoms with Crippen molar-refractivity contribution >= 4 is 28.2 Å². The highest BCUT2D eigenvalue weighted by Crippen LogP contribution is 2.07. The van der Waals surface area contributed by atoms with Crippen LogP contribution in [0.1, 0.15) is 20.8 Å². The fourth-order valence-corrected chi connectivity index (χ4v) is 0.717. The second-order valence-corrected chi connectivity index (χ2v) is 4.70. The second-order valence-electron chi connectivity index (χ2n) is 3.79. The monoisotopic (exact) mass is 274 g/mol. The Hall–Kier alpha value is -1.10. The Bertz CT molecular complexity index is 303. The Morgan fingerprint density at radius 1 is 1.47 bits per heavy atom. The topological polar surface area (TPSA) is 50.7 Å². The van der Waals surface area contributed by atoms with Crippen LogP contribution in [0.2, 0.25) is 0 Å². The number of nitrogens with one attached hydrogen (secondary N) is 1. The van der Waals surface area contributed by atoms with Crippen LogP contribution in [-0.4, -0.2) is 17.9 Å². The summed E-state index contributed by atoms with van der Waals surface area (Å²) in [6.07, 6.45) is 0.820. The highest BCUT2D eigenvalue weighted by atomic mass is 79.9. The number of hydrogen-bond acceptors (Lipinski definition) is 3. The molecule has 0 aromatic carbocycles. The number of halogens is 1. The van der Waals surface area contributed by atoms with Crippen molar-refractivity contribution in [3.8, 4) is 0 Å². The molecule has 0 aromatic rings. The molecular formula is C10H15BrN2O2. The van der Waals surface area contributed by atoms with Crippen LogP contribution >= 0.6 is 15.9 Å². The maximum absolute atomic E-state index is 11.2. The average Bonchev–Trinajstić information content (AvgIpc) is 1.96. The van der Waals surface area contributed by atoms with Crippen LogP contribution in [0.15, 0.2) is 28.5 Å². The van der Waals surface area contributed by atoms with Crippen LogP contribution in [0.25, 0.3) is 0 Å². The lowest BCUT2D eigenvalue weighted by atomic mass is 10.2. The van der Waals surface area contributed by atoms with Crippen molar-refractivity contribution < 1.29 is 9.53 Å². The fourth-order valence-electron chi connectivity index (χ4n) is 0.615. The molecule has 84 valence electrons. The van der Waals surface area contributed by atoms with Gasteiger partial charge in [0, 0.05) is 0 Å².